The molecule has 0 aliphatic carbocycles. The van der Waals surface area contributed by atoms with Crippen molar-refractivity contribution in [2.45, 2.75) is 46.4 Å². The fraction of sp³-hybridized carbons (Fsp3) is 0.368. The predicted molar refractivity (Wildman–Crippen MR) is 101 cm³/mol. The van der Waals surface area contributed by atoms with Crippen molar-refractivity contribution < 1.29 is 4.74 Å². The maximum atomic E-state index is 6.12. The van der Waals surface area contributed by atoms with Gasteiger partial charge in [-0.25, -0.2) is 0 Å². The second kappa shape index (κ2) is 8.58. The molecule has 0 saturated carbocycles. The molecule has 2 nitrogen and oxygen atoms in total. The van der Waals surface area contributed by atoms with E-state index in [9.17, 15) is 0 Å². The quantitative estimate of drug-likeness (QED) is 0.761. The summed E-state index contributed by atoms with van der Waals surface area (Å²) >= 11 is 6.12. The molecule has 2 aromatic carbocycles. The van der Waals surface area contributed by atoms with E-state index < -0.39 is 0 Å². The van der Waals surface area contributed by atoms with E-state index in [-0.39, 0.29) is 17.9 Å². The fourth-order valence-electron chi connectivity index (χ4n) is 2.03. The Kier molecular flexibility index (Phi) is 7.40. The zero-order chi connectivity index (χ0) is 16.2. The van der Waals surface area contributed by atoms with Gasteiger partial charge in [0.15, 0.2) is 0 Å². The topological polar surface area (TPSA) is 21.3 Å². The van der Waals surface area contributed by atoms with Gasteiger partial charge in [-0.1, -0.05) is 41.4 Å². The molecular formula is C19H25Cl2NO. The summed E-state index contributed by atoms with van der Waals surface area (Å²) in [5, 5.41) is 4.20. The smallest absolute Gasteiger partial charge is 0.124 e. The lowest BCUT2D eigenvalue weighted by Crippen LogP contribution is -2.35. The summed E-state index contributed by atoms with van der Waals surface area (Å²) in [5.74, 6) is 0.877. The van der Waals surface area contributed by atoms with E-state index in [1.54, 1.807) is 0 Å². The SMILES string of the molecule is Cc1ccc(COc2ccc(Cl)cc2CNC(C)(C)C)cc1.Cl. The molecule has 2 rings (SSSR count). The Labute approximate surface area is 150 Å². The molecule has 0 fully saturated rings. The maximum Gasteiger partial charge on any atom is 0.124 e. The van der Waals surface area contributed by atoms with Crippen LogP contribution in [0, 0.1) is 6.92 Å². The Balaban J connectivity index is 0.00000264. The van der Waals surface area contributed by atoms with E-state index in [0.29, 0.717) is 6.61 Å². The van der Waals surface area contributed by atoms with Crippen molar-refractivity contribution in [1.29, 1.82) is 0 Å². The molecule has 0 atom stereocenters. The van der Waals surface area contributed by atoms with Gasteiger partial charge in [0.1, 0.15) is 12.4 Å². The number of nitrogens with one attached hydrogen (secondary N) is 1. The van der Waals surface area contributed by atoms with Gasteiger partial charge >= 0.3 is 0 Å². The summed E-state index contributed by atoms with van der Waals surface area (Å²) < 4.78 is 5.98. The molecule has 0 saturated heterocycles. The standard InChI is InChI=1S/C19H24ClNO.ClH/c1-14-5-7-15(8-6-14)13-22-18-10-9-17(20)11-16(18)12-21-19(2,3)4;/h5-11,21H,12-13H2,1-4H3;1H. The van der Waals surface area contributed by atoms with Crippen LogP contribution in [0.3, 0.4) is 0 Å². The number of benzene rings is 2. The van der Waals surface area contributed by atoms with Crippen molar-refractivity contribution in [3.8, 4) is 5.75 Å². The van der Waals surface area contributed by atoms with Crippen LogP contribution in [-0.2, 0) is 13.2 Å². The Morgan fingerprint density at radius 3 is 2.30 bits per heavy atom. The van der Waals surface area contributed by atoms with E-state index >= 15 is 0 Å². The third-order valence-corrected chi connectivity index (χ3v) is 3.58. The van der Waals surface area contributed by atoms with E-state index in [1.807, 2.05) is 18.2 Å². The van der Waals surface area contributed by atoms with Gasteiger partial charge in [-0.3, -0.25) is 0 Å². The molecule has 0 aliphatic heterocycles. The molecule has 0 bridgehead atoms. The predicted octanol–water partition coefficient (Wildman–Crippen LogP) is 5.54. The minimum Gasteiger partial charge on any atom is -0.489 e. The monoisotopic (exact) mass is 353 g/mol. The van der Waals surface area contributed by atoms with Crippen LogP contribution in [0.25, 0.3) is 0 Å². The number of rotatable bonds is 5. The van der Waals surface area contributed by atoms with Crippen LogP contribution in [-0.4, -0.2) is 5.54 Å². The summed E-state index contributed by atoms with van der Waals surface area (Å²) in [4.78, 5) is 0. The van der Waals surface area contributed by atoms with Crippen LogP contribution in [0.1, 0.15) is 37.5 Å². The molecule has 23 heavy (non-hydrogen) atoms. The van der Waals surface area contributed by atoms with Crippen LogP contribution in [0.15, 0.2) is 42.5 Å². The van der Waals surface area contributed by atoms with Gasteiger partial charge in [-0.15, -0.1) is 12.4 Å². The van der Waals surface area contributed by atoms with Gasteiger partial charge in [0, 0.05) is 22.7 Å². The van der Waals surface area contributed by atoms with Crippen molar-refractivity contribution in [2.75, 3.05) is 0 Å². The largest absolute Gasteiger partial charge is 0.489 e. The third kappa shape index (κ3) is 6.82. The van der Waals surface area contributed by atoms with E-state index in [4.69, 9.17) is 16.3 Å². The van der Waals surface area contributed by atoms with Crippen molar-refractivity contribution in [1.82, 2.24) is 5.32 Å². The van der Waals surface area contributed by atoms with Gasteiger partial charge < -0.3 is 10.1 Å². The molecule has 0 aromatic heterocycles. The van der Waals surface area contributed by atoms with Crippen LogP contribution < -0.4 is 10.1 Å². The van der Waals surface area contributed by atoms with Crippen molar-refractivity contribution in [3.63, 3.8) is 0 Å². The third-order valence-electron chi connectivity index (χ3n) is 3.35. The highest BCUT2D eigenvalue weighted by Crippen LogP contribution is 2.24. The highest BCUT2D eigenvalue weighted by atomic mass is 35.5. The van der Waals surface area contributed by atoms with Crippen LogP contribution >= 0.6 is 24.0 Å². The second-order valence-corrected chi connectivity index (χ2v) is 7.07. The molecule has 4 heteroatoms. The number of halogens is 2. The van der Waals surface area contributed by atoms with Crippen LogP contribution in [0.4, 0.5) is 0 Å². The minimum absolute atomic E-state index is 0. The molecule has 0 amide bonds. The molecule has 2 aromatic rings. The lowest BCUT2D eigenvalue weighted by atomic mass is 10.1. The Morgan fingerprint density at radius 1 is 1.04 bits per heavy atom. The van der Waals surface area contributed by atoms with Crippen LogP contribution in [0.2, 0.25) is 5.02 Å². The van der Waals surface area contributed by atoms with Crippen molar-refractivity contribution >= 4 is 24.0 Å². The Bertz CT molecular complexity index is 618. The average Bonchev–Trinajstić information content (AvgIpc) is 2.45. The first-order chi connectivity index (χ1) is 10.3. The lowest BCUT2D eigenvalue weighted by molar-refractivity contribution is 0.300. The maximum absolute atomic E-state index is 6.12. The molecule has 0 heterocycles. The number of ether oxygens (including phenoxy) is 1. The Hall–Kier alpha value is -1.22. The molecule has 0 radical (unpaired) electrons. The fourth-order valence-corrected chi connectivity index (χ4v) is 2.23. The molecule has 0 spiro atoms. The highest BCUT2D eigenvalue weighted by molar-refractivity contribution is 6.30. The average molecular weight is 354 g/mol. The van der Waals surface area contributed by atoms with Crippen molar-refractivity contribution in [2.24, 2.45) is 0 Å². The number of hydrogen-bond donors (Lipinski definition) is 1. The summed E-state index contributed by atoms with van der Waals surface area (Å²) in [5.41, 5.74) is 3.55. The molecule has 1 N–H and O–H groups in total. The molecule has 0 aliphatic rings. The molecule has 126 valence electrons. The van der Waals surface area contributed by atoms with Gasteiger partial charge in [0.25, 0.3) is 0 Å². The van der Waals surface area contributed by atoms with Gasteiger partial charge in [-0.05, 0) is 51.5 Å². The number of hydrogen-bond acceptors (Lipinski definition) is 2. The van der Waals surface area contributed by atoms with Crippen LogP contribution in [0.5, 0.6) is 5.75 Å². The minimum atomic E-state index is 0. The van der Waals surface area contributed by atoms with E-state index in [0.717, 1.165) is 28.4 Å². The first-order valence-electron chi connectivity index (χ1n) is 7.55. The Morgan fingerprint density at radius 2 is 1.70 bits per heavy atom. The molecule has 0 unspecified atom stereocenters. The van der Waals surface area contributed by atoms with E-state index in [1.165, 1.54) is 5.56 Å². The summed E-state index contributed by atoms with van der Waals surface area (Å²) in [7, 11) is 0. The highest BCUT2D eigenvalue weighted by Gasteiger charge is 2.11. The zero-order valence-electron chi connectivity index (χ0n) is 14.2. The normalized spacial score (nSPS) is 11.0. The summed E-state index contributed by atoms with van der Waals surface area (Å²) in [6.45, 7) is 9.80. The lowest BCUT2D eigenvalue weighted by Gasteiger charge is -2.22. The first kappa shape index (κ1) is 19.8. The first-order valence-corrected chi connectivity index (χ1v) is 7.93. The van der Waals surface area contributed by atoms with Crippen molar-refractivity contribution in [3.05, 3.63) is 64.2 Å². The number of aryl methyl sites for hydroxylation is 1. The summed E-state index contributed by atoms with van der Waals surface area (Å²) in [6, 6.07) is 14.2. The second-order valence-electron chi connectivity index (χ2n) is 6.63. The van der Waals surface area contributed by atoms with E-state index in [2.05, 4.69) is 57.3 Å². The zero-order valence-corrected chi connectivity index (χ0v) is 15.7. The van der Waals surface area contributed by atoms with Gasteiger partial charge in [0.05, 0.1) is 0 Å². The molecular weight excluding hydrogens is 329 g/mol. The van der Waals surface area contributed by atoms with Gasteiger partial charge in [-0.2, -0.15) is 0 Å². The van der Waals surface area contributed by atoms with Gasteiger partial charge in [0.2, 0.25) is 0 Å². The summed E-state index contributed by atoms with van der Waals surface area (Å²) in [6.07, 6.45) is 0.